The average Bonchev–Trinajstić information content (AvgIpc) is 2.46. The van der Waals surface area contributed by atoms with Crippen LogP contribution in [0.5, 0.6) is 5.75 Å². The van der Waals surface area contributed by atoms with Gasteiger partial charge in [0.15, 0.2) is 0 Å². The van der Waals surface area contributed by atoms with Gasteiger partial charge in [-0.05, 0) is 18.1 Å². The number of ether oxygens (including phenoxy) is 1. The van der Waals surface area contributed by atoms with Gasteiger partial charge in [0.2, 0.25) is 0 Å². The largest absolute Gasteiger partial charge is 0.493 e. The highest BCUT2D eigenvalue weighted by molar-refractivity contribution is 9.08. The maximum atomic E-state index is 11.8. The van der Waals surface area contributed by atoms with Crippen LogP contribution in [0.1, 0.15) is 22.9 Å². The van der Waals surface area contributed by atoms with Gasteiger partial charge in [-0.3, -0.25) is 4.79 Å². The van der Waals surface area contributed by atoms with Gasteiger partial charge in [-0.25, -0.2) is 4.98 Å². The van der Waals surface area contributed by atoms with Crippen molar-refractivity contribution in [1.82, 2.24) is 9.97 Å². The highest BCUT2D eigenvalue weighted by Gasteiger charge is 2.23. The lowest BCUT2D eigenvalue weighted by molar-refractivity contribution is 0.257. The van der Waals surface area contributed by atoms with Gasteiger partial charge in [0.1, 0.15) is 11.6 Å². The van der Waals surface area contributed by atoms with Gasteiger partial charge in [0.25, 0.3) is 5.56 Å². The van der Waals surface area contributed by atoms with Crippen LogP contribution in [0.25, 0.3) is 0 Å². The number of fused-ring (bicyclic) bond motifs is 1. The fraction of sp³-hybridized carbons (Fsp3) is 0.286. The van der Waals surface area contributed by atoms with Crippen LogP contribution < -0.4 is 10.3 Å². The molecule has 2 aromatic rings. The Bertz CT molecular complexity index is 654. The summed E-state index contributed by atoms with van der Waals surface area (Å²) in [7, 11) is 0. The number of hydrogen-bond acceptors (Lipinski definition) is 3. The fourth-order valence-corrected chi connectivity index (χ4v) is 2.64. The molecule has 19 heavy (non-hydrogen) atoms. The van der Waals surface area contributed by atoms with Crippen LogP contribution in [-0.4, -0.2) is 16.6 Å². The summed E-state index contributed by atoms with van der Waals surface area (Å²) >= 11 is 3.27. The van der Waals surface area contributed by atoms with Crippen LogP contribution in [0, 0.1) is 0 Å². The van der Waals surface area contributed by atoms with Gasteiger partial charge in [-0.2, -0.15) is 0 Å². The smallest absolute Gasteiger partial charge is 0.254 e. The normalized spacial score (nSPS) is 17.6. The van der Waals surface area contributed by atoms with Gasteiger partial charge in [-0.15, -0.1) is 0 Å². The van der Waals surface area contributed by atoms with Crippen molar-refractivity contribution < 1.29 is 4.74 Å². The number of hydrogen-bond donors (Lipinski definition) is 1. The van der Waals surface area contributed by atoms with Crippen molar-refractivity contribution >= 4 is 15.9 Å². The zero-order valence-corrected chi connectivity index (χ0v) is 11.8. The van der Waals surface area contributed by atoms with Gasteiger partial charge >= 0.3 is 0 Å². The Hall–Kier alpha value is -1.62. The van der Waals surface area contributed by atoms with E-state index in [9.17, 15) is 4.79 Å². The predicted molar refractivity (Wildman–Crippen MR) is 75.9 cm³/mol. The van der Waals surface area contributed by atoms with Crippen molar-refractivity contribution in [2.24, 2.45) is 0 Å². The molecule has 1 aliphatic heterocycles. The molecule has 1 N–H and O–H groups in total. The summed E-state index contributed by atoms with van der Waals surface area (Å²) in [6.45, 7) is 0.549. The molecular weight excluding hydrogens is 308 g/mol. The third kappa shape index (κ3) is 2.42. The second kappa shape index (κ2) is 5.17. The number of H-pyrrole nitrogens is 1. The molecule has 1 aromatic heterocycles. The number of nitrogens with zero attached hydrogens (tertiary/aromatic N) is 1. The maximum absolute atomic E-state index is 11.8. The monoisotopic (exact) mass is 320 g/mol. The summed E-state index contributed by atoms with van der Waals surface area (Å²) in [4.78, 5) is 19.0. The minimum atomic E-state index is -0.0827. The van der Waals surface area contributed by atoms with E-state index >= 15 is 0 Å². The van der Waals surface area contributed by atoms with Gasteiger partial charge in [0, 0.05) is 17.1 Å². The molecule has 98 valence electrons. The van der Waals surface area contributed by atoms with Gasteiger partial charge < -0.3 is 9.72 Å². The summed E-state index contributed by atoms with van der Waals surface area (Å²) in [6, 6.07) is 7.97. The standard InChI is InChI=1S/C14H13BrN2O2/c15-6-11-7-16-13(17-14(11)18)10-5-9-3-1-2-4-12(9)19-8-10/h1-4,7,10H,5-6,8H2,(H,16,17,18). The van der Waals surface area contributed by atoms with Gasteiger partial charge in [-0.1, -0.05) is 34.1 Å². The van der Waals surface area contributed by atoms with Crippen LogP contribution in [0.2, 0.25) is 0 Å². The Balaban J connectivity index is 1.89. The average molecular weight is 321 g/mol. The number of halogens is 1. The quantitative estimate of drug-likeness (QED) is 0.864. The number of para-hydroxylation sites is 1. The van der Waals surface area contributed by atoms with Crippen molar-refractivity contribution in [1.29, 1.82) is 0 Å². The van der Waals surface area contributed by atoms with Crippen molar-refractivity contribution in [3.63, 3.8) is 0 Å². The molecule has 0 saturated carbocycles. The number of alkyl halides is 1. The highest BCUT2D eigenvalue weighted by atomic mass is 79.9. The van der Waals surface area contributed by atoms with E-state index in [0.717, 1.165) is 17.7 Å². The number of benzene rings is 1. The lowest BCUT2D eigenvalue weighted by Crippen LogP contribution is -2.24. The van der Waals surface area contributed by atoms with Crippen molar-refractivity contribution in [2.75, 3.05) is 6.61 Å². The lowest BCUT2D eigenvalue weighted by Gasteiger charge is -2.24. The van der Waals surface area contributed by atoms with Crippen LogP contribution in [-0.2, 0) is 11.8 Å². The lowest BCUT2D eigenvalue weighted by atomic mass is 9.96. The molecule has 0 fully saturated rings. The third-order valence-corrected chi connectivity index (χ3v) is 3.91. The summed E-state index contributed by atoms with van der Waals surface area (Å²) in [5, 5.41) is 0.514. The van der Waals surface area contributed by atoms with E-state index in [1.165, 1.54) is 0 Å². The minimum Gasteiger partial charge on any atom is -0.493 e. The molecule has 0 saturated heterocycles. The van der Waals surface area contributed by atoms with E-state index in [0.29, 0.717) is 23.3 Å². The maximum Gasteiger partial charge on any atom is 0.254 e. The Morgan fingerprint density at radius 2 is 2.26 bits per heavy atom. The van der Waals surface area contributed by atoms with E-state index in [1.807, 2.05) is 24.3 Å². The van der Waals surface area contributed by atoms with Crippen LogP contribution in [0.4, 0.5) is 0 Å². The van der Waals surface area contributed by atoms with E-state index < -0.39 is 0 Å². The molecule has 3 rings (SSSR count). The molecule has 1 aliphatic rings. The number of aromatic amines is 1. The molecule has 0 bridgehead atoms. The van der Waals surface area contributed by atoms with E-state index in [-0.39, 0.29) is 11.5 Å². The van der Waals surface area contributed by atoms with E-state index in [1.54, 1.807) is 6.20 Å². The predicted octanol–water partition coefficient (Wildman–Crippen LogP) is 2.38. The van der Waals surface area contributed by atoms with Crippen LogP contribution in [0.3, 0.4) is 0 Å². The molecule has 2 heterocycles. The first kappa shape index (κ1) is 12.4. The molecule has 1 atom stereocenters. The second-order valence-corrected chi connectivity index (χ2v) is 5.14. The van der Waals surface area contributed by atoms with Crippen molar-refractivity contribution in [3.8, 4) is 5.75 Å². The van der Waals surface area contributed by atoms with E-state index in [4.69, 9.17) is 4.74 Å². The summed E-state index contributed by atoms with van der Waals surface area (Å²) in [6.07, 6.45) is 2.47. The SMILES string of the molecule is O=c1[nH]c(C2COc3ccccc3C2)ncc1CBr. The van der Waals surface area contributed by atoms with Crippen LogP contribution >= 0.6 is 15.9 Å². The Kier molecular flexibility index (Phi) is 3.38. The molecule has 5 heteroatoms. The molecule has 4 nitrogen and oxygen atoms in total. The fourth-order valence-electron chi connectivity index (χ4n) is 2.24. The van der Waals surface area contributed by atoms with Crippen molar-refractivity contribution in [2.45, 2.75) is 17.7 Å². The Labute approximate surface area is 119 Å². The van der Waals surface area contributed by atoms with Crippen LogP contribution in [0.15, 0.2) is 35.3 Å². The molecular formula is C14H13BrN2O2. The summed E-state index contributed by atoms with van der Waals surface area (Å²) < 4.78 is 5.72. The zero-order valence-electron chi connectivity index (χ0n) is 10.2. The Morgan fingerprint density at radius 1 is 1.42 bits per heavy atom. The molecule has 0 aliphatic carbocycles. The first-order chi connectivity index (χ1) is 9.28. The number of rotatable bonds is 2. The zero-order chi connectivity index (χ0) is 13.2. The summed E-state index contributed by atoms with van der Waals surface area (Å²) in [5.74, 6) is 1.73. The molecule has 0 radical (unpaired) electrons. The first-order valence-electron chi connectivity index (χ1n) is 6.12. The Morgan fingerprint density at radius 3 is 3.05 bits per heavy atom. The van der Waals surface area contributed by atoms with Crippen molar-refractivity contribution in [3.05, 3.63) is 57.8 Å². The first-order valence-corrected chi connectivity index (χ1v) is 7.25. The molecule has 1 aromatic carbocycles. The molecule has 1 unspecified atom stereocenters. The molecule has 0 spiro atoms. The molecule has 0 amide bonds. The summed E-state index contributed by atoms with van der Waals surface area (Å²) in [5.41, 5.74) is 1.72. The number of aromatic nitrogens is 2. The minimum absolute atomic E-state index is 0.0827. The topological polar surface area (TPSA) is 55.0 Å². The third-order valence-electron chi connectivity index (χ3n) is 3.30. The highest BCUT2D eigenvalue weighted by Crippen LogP contribution is 2.30. The van der Waals surface area contributed by atoms with E-state index in [2.05, 4.69) is 25.9 Å². The second-order valence-electron chi connectivity index (χ2n) is 4.58. The number of nitrogens with one attached hydrogen (secondary N) is 1. The van der Waals surface area contributed by atoms with Gasteiger partial charge in [0.05, 0.1) is 12.5 Å².